The summed E-state index contributed by atoms with van der Waals surface area (Å²) >= 11 is 0. The molecule has 1 fully saturated rings. The molecule has 1 aromatic carbocycles. The Bertz CT molecular complexity index is 990. The molecule has 1 N–H and O–H groups in total. The molecule has 3 aromatic rings. The summed E-state index contributed by atoms with van der Waals surface area (Å²) in [4.78, 5) is 22.8. The zero-order chi connectivity index (χ0) is 19.3. The second-order valence-corrected chi connectivity index (χ2v) is 6.74. The highest BCUT2D eigenvalue weighted by atomic mass is 16.2. The van der Waals surface area contributed by atoms with E-state index < -0.39 is 0 Å². The zero-order valence-corrected chi connectivity index (χ0v) is 15.3. The molecule has 0 radical (unpaired) electrons. The average molecular weight is 372 g/mol. The number of carbonyl (C=O) groups excluding carboxylic acids is 1. The van der Waals surface area contributed by atoms with E-state index in [1.165, 1.54) is 0 Å². The van der Waals surface area contributed by atoms with Crippen LogP contribution in [0.5, 0.6) is 0 Å². The molecule has 0 aliphatic carbocycles. The normalized spacial score (nSPS) is 16.3. The number of nitriles is 1. The van der Waals surface area contributed by atoms with Gasteiger partial charge in [-0.15, -0.1) is 0 Å². The van der Waals surface area contributed by atoms with Gasteiger partial charge in [0.25, 0.3) is 0 Å². The number of nitrogens with one attached hydrogen (secondary N) is 1. The topological polar surface area (TPSA) is 86.8 Å². The second-order valence-electron chi connectivity index (χ2n) is 6.74. The molecule has 1 atom stereocenters. The van der Waals surface area contributed by atoms with Gasteiger partial charge in [-0.1, -0.05) is 12.1 Å². The van der Waals surface area contributed by atoms with E-state index in [1.807, 2.05) is 47.2 Å². The first-order chi connectivity index (χ1) is 13.7. The Morgan fingerprint density at radius 2 is 2.04 bits per heavy atom. The summed E-state index contributed by atoms with van der Waals surface area (Å²) in [6.07, 6.45) is 7.78. The standard InChI is InChI=1S/C21H20N6O/c22-10-16-3-5-17(6-4-16)14-26-15-24-12-19(26)13-25-20-7-9-27(21(20)28)18-2-1-8-23-11-18/h1-6,8,11-12,15,20,25H,7,9,13-14H2/t20-/m1/s1. The molecular weight excluding hydrogens is 352 g/mol. The molecule has 1 aliphatic rings. The first-order valence-corrected chi connectivity index (χ1v) is 9.17. The smallest absolute Gasteiger partial charge is 0.244 e. The molecule has 0 unspecified atom stereocenters. The second kappa shape index (κ2) is 8.03. The number of rotatable bonds is 6. The van der Waals surface area contributed by atoms with Crippen molar-refractivity contribution >= 4 is 11.6 Å². The van der Waals surface area contributed by atoms with E-state index in [4.69, 9.17) is 5.26 Å². The fraction of sp³-hybridized carbons (Fsp3) is 0.238. The molecule has 0 spiro atoms. The zero-order valence-electron chi connectivity index (χ0n) is 15.3. The van der Waals surface area contributed by atoms with E-state index in [9.17, 15) is 4.79 Å². The van der Waals surface area contributed by atoms with E-state index >= 15 is 0 Å². The molecule has 0 saturated carbocycles. The lowest BCUT2D eigenvalue weighted by Gasteiger charge is -2.17. The molecule has 4 rings (SSSR count). The number of imidazole rings is 1. The van der Waals surface area contributed by atoms with Crippen molar-refractivity contribution in [1.82, 2.24) is 19.9 Å². The summed E-state index contributed by atoms with van der Waals surface area (Å²) in [5.74, 6) is 0.0751. The van der Waals surface area contributed by atoms with Crippen LogP contribution in [0.3, 0.4) is 0 Å². The Balaban J connectivity index is 1.38. The van der Waals surface area contributed by atoms with E-state index in [0.717, 1.165) is 23.4 Å². The molecule has 2 aromatic heterocycles. The number of nitrogens with zero attached hydrogens (tertiary/aromatic N) is 5. The summed E-state index contributed by atoms with van der Waals surface area (Å²) in [5, 5.41) is 12.3. The van der Waals surface area contributed by atoms with Crippen LogP contribution < -0.4 is 10.2 Å². The molecule has 0 bridgehead atoms. The van der Waals surface area contributed by atoms with Crippen LogP contribution in [0, 0.1) is 11.3 Å². The minimum atomic E-state index is -0.210. The maximum absolute atomic E-state index is 12.7. The Hall–Kier alpha value is -3.50. The van der Waals surface area contributed by atoms with Gasteiger partial charge in [0.05, 0.1) is 41.6 Å². The van der Waals surface area contributed by atoms with Crippen molar-refractivity contribution < 1.29 is 4.79 Å². The highest BCUT2D eigenvalue weighted by Gasteiger charge is 2.32. The van der Waals surface area contributed by atoms with Crippen LogP contribution in [-0.4, -0.2) is 33.0 Å². The average Bonchev–Trinajstić information content (AvgIpc) is 3.33. The highest BCUT2D eigenvalue weighted by molar-refractivity contribution is 5.99. The molecule has 28 heavy (non-hydrogen) atoms. The monoisotopic (exact) mass is 372 g/mol. The van der Waals surface area contributed by atoms with Crippen molar-refractivity contribution in [3.8, 4) is 6.07 Å². The van der Waals surface area contributed by atoms with Crippen molar-refractivity contribution in [1.29, 1.82) is 5.26 Å². The lowest BCUT2D eigenvalue weighted by atomic mass is 10.1. The first kappa shape index (κ1) is 17.9. The fourth-order valence-electron chi connectivity index (χ4n) is 3.39. The summed E-state index contributed by atoms with van der Waals surface area (Å²) in [6.45, 7) is 1.92. The molecule has 3 heterocycles. The Labute approximate surface area is 163 Å². The van der Waals surface area contributed by atoms with Crippen molar-refractivity contribution in [2.24, 2.45) is 0 Å². The van der Waals surface area contributed by atoms with E-state index in [1.54, 1.807) is 23.6 Å². The SMILES string of the molecule is N#Cc1ccc(Cn2cncc2CN[C@@H]2CCN(c3cccnc3)C2=O)cc1. The number of amides is 1. The lowest BCUT2D eigenvalue weighted by Crippen LogP contribution is -2.38. The van der Waals surface area contributed by atoms with Crippen LogP contribution in [0.4, 0.5) is 5.69 Å². The van der Waals surface area contributed by atoms with Gasteiger partial charge in [0.1, 0.15) is 0 Å². The molecule has 140 valence electrons. The Morgan fingerprint density at radius 3 is 2.79 bits per heavy atom. The van der Waals surface area contributed by atoms with E-state index in [2.05, 4.69) is 21.4 Å². The molecule has 1 saturated heterocycles. The Kier molecular flexibility index (Phi) is 5.13. The number of hydrogen-bond acceptors (Lipinski definition) is 5. The summed E-state index contributed by atoms with van der Waals surface area (Å²) in [5.41, 5.74) is 3.59. The molecular formula is C21H20N6O. The number of pyridine rings is 1. The number of carbonyl (C=O) groups is 1. The van der Waals surface area contributed by atoms with Gasteiger partial charge in [-0.25, -0.2) is 4.98 Å². The Morgan fingerprint density at radius 1 is 1.18 bits per heavy atom. The van der Waals surface area contributed by atoms with Crippen LogP contribution in [0.2, 0.25) is 0 Å². The molecule has 1 aliphatic heterocycles. The lowest BCUT2D eigenvalue weighted by molar-refractivity contribution is -0.118. The van der Waals surface area contributed by atoms with Gasteiger partial charge in [0.2, 0.25) is 5.91 Å². The quantitative estimate of drug-likeness (QED) is 0.716. The molecule has 7 nitrogen and oxygen atoms in total. The van der Waals surface area contributed by atoms with E-state index in [-0.39, 0.29) is 11.9 Å². The van der Waals surface area contributed by atoms with Crippen molar-refractivity contribution in [3.63, 3.8) is 0 Å². The molecule has 7 heteroatoms. The number of aromatic nitrogens is 3. The predicted molar refractivity (Wildman–Crippen MR) is 104 cm³/mol. The van der Waals surface area contributed by atoms with Gasteiger partial charge in [0.15, 0.2) is 0 Å². The third-order valence-corrected chi connectivity index (χ3v) is 4.93. The predicted octanol–water partition coefficient (Wildman–Crippen LogP) is 2.09. The maximum atomic E-state index is 12.7. The largest absolute Gasteiger partial charge is 0.329 e. The van der Waals surface area contributed by atoms with E-state index in [0.29, 0.717) is 25.2 Å². The van der Waals surface area contributed by atoms with Crippen LogP contribution in [0.15, 0.2) is 61.3 Å². The number of anilines is 1. The minimum Gasteiger partial charge on any atom is -0.329 e. The van der Waals surface area contributed by atoms with Gasteiger partial charge in [0, 0.05) is 32.0 Å². The summed E-state index contributed by atoms with van der Waals surface area (Å²) in [6, 6.07) is 13.2. The molecule has 1 amide bonds. The van der Waals surface area contributed by atoms with Crippen LogP contribution in [0.1, 0.15) is 23.2 Å². The van der Waals surface area contributed by atoms with Gasteiger partial charge < -0.3 is 14.8 Å². The van der Waals surface area contributed by atoms with Crippen molar-refractivity contribution in [2.45, 2.75) is 25.6 Å². The van der Waals surface area contributed by atoms with Gasteiger partial charge in [-0.2, -0.15) is 5.26 Å². The minimum absolute atomic E-state index is 0.0751. The van der Waals surface area contributed by atoms with Crippen LogP contribution in [0.25, 0.3) is 0 Å². The number of hydrogen-bond donors (Lipinski definition) is 1. The summed E-state index contributed by atoms with van der Waals surface area (Å²) in [7, 11) is 0. The van der Waals surface area contributed by atoms with Crippen LogP contribution >= 0.6 is 0 Å². The van der Waals surface area contributed by atoms with Crippen LogP contribution in [-0.2, 0) is 17.9 Å². The fourth-order valence-corrected chi connectivity index (χ4v) is 3.39. The highest BCUT2D eigenvalue weighted by Crippen LogP contribution is 2.20. The number of benzene rings is 1. The van der Waals surface area contributed by atoms with Crippen molar-refractivity contribution in [2.75, 3.05) is 11.4 Å². The summed E-state index contributed by atoms with van der Waals surface area (Å²) < 4.78 is 2.05. The first-order valence-electron chi connectivity index (χ1n) is 9.17. The van der Waals surface area contributed by atoms with Gasteiger partial charge in [-0.3, -0.25) is 9.78 Å². The van der Waals surface area contributed by atoms with Gasteiger partial charge >= 0.3 is 0 Å². The third kappa shape index (κ3) is 3.77. The van der Waals surface area contributed by atoms with Gasteiger partial charge in [-0.05, 0) is 36.2 Å². The maximum Gasteiger partial charge on any atom is 0.244 e. The third-order valence-electron chi connectivity index (χ3n) is 4.93. The van der Waals surface area contributed by atoms with Crippen molar-refractivity contribution in [3.05, 3.63) is 78.1 Å².